The van der Waals surface area contributed by atoms with E-state index >= 15 is 0 Å². The summed E-state index contributed by atoms with van der Waals surface area (Å²) < 4.78 is 25.5. The van der Waals surface area contributed by atoms with E-state index < -0.39 is 10.0 Å². The normalized spacial score (nSPS) is 19.5. The van der Waals surface area contributed by atoms with Crippen LogP contribution in [0.25, 0.3) is 0 Å². The van der Waals surface area contributed by atoms with Gasteiger partial charge in [-0.2, -0.15) is 0 Å². The minimum atomic E-state index is -3.23. The third kappa shape index (κ3) is 4.68. The number of rotatable bonds is 5. The summed E-state index contributed by atoms with van der Waals surface area (Å²) in [7, 11) is -1.47. The highest BCUT2D eigenvalue weighted by atomic mass is 35.5. The van der Waals surface area contributed by atoms with Crippen molar-refractivity contribution in [3.05, 3.63) is 34.9 Å². The number of hydrogen-bond acceptors (Lipinski definition) is 3. The SMILES string of the molecule is CCS(=O)(=O)N1CCC[C@@H](C(=O)N(C)Cc2ccc(Cl)cc2)C1. The van der Waals surface area contributed by atoms with E-state index in [4.69, 9.17) is 11.6 Å². The van der Waals surface area contributed by atoms with Crippen LogP contribution in [-0.2, 0) is 21.4 Å². The Balaban J connectivity index is 2.00. The fraction of sp³-hybridized carbons (Fsp3) is 0.562. The lowest BCUT2D eigenvalue weighted by atomic mass is 9.98. The second-order valence-electron chi connectivity index (χ2n) is 5.92. The summed E-state index contributed by atoms with van der Waals surface area (Å²) in [6.07, 6.45) is 1.46. The number of piperidine rings is 1. The van der Waals surface area contributed by atoms with E-state index in [1.165, 1.54) is 4.31 Å². The van der Waals surface area contributed by atoms with Gasteiger partial charge in [-0.05, 0) is 37.5 Å². The van der Waals surface area contributed by atoms with E-state index in [2.05, 4.69) is 0 Å². The molecule has 0 aromatic heterocycles. The molecule has 7 heteroatoms. The van der Waals surface area contributed by atoms with Crippen molar-refractivity contribution < 1.29 is 13.2 Å². The minimum Gasteiger partial charge on any atom is -0.341 e. The van der Waals surface area contributed by atoms with Gasteiger partial charge in [0.05, 0.1) is 11.7 Å². The molecule has 1 aliphatic heterocycles. The Kier molecular flexibility index (Phi) is 6.06. The zero-order valence-electron chi connectivity index (χ0n) is 13.5. The number of carbonyl (C=O) groups excluding carboxylic acids is 1. The van der Waals surface area contributed by atoms with Crippen molar-refractivity contribution in [2.24, 2.45) is 5.92 Å². The topological polar surface area (TPSA) is 57.7 Å². The van der Waals surface area contributed by atoms with Crippen molar-refractivity contribution in [3.63, 3.8) is 0 Å². The highest BCUT2D eigenvalue weighted by molar-refractivity contribution is 7.89. The molecule has 5 nitrogen and oxygen atoms in total. The van der Waals surface area contributed by atoms with E-state index in [0.717, 1.165) is 18.4 Å². The number of nitrogens with zero attached hydrogens (tertiary/aromatic N) is 2. The summed E-state index contributed by atoms with van der Waals surface area (Å²) in [5, 5.41) is 0.662. The predicted molar refractivity (Wildman–Crippen MR) is 91.7 cm³/mol. The van der Waals surface area contributed by atoms with Gasteiger partial charge >= 0.3 is 0 Å². The molecule has 1 atom stereocenters. The molecule has 1 heterocycles. The van der Waals surface area contributed by atoms with Gasteiger partial charge in [0, 0.05) is 31.7 Å². The molecule has 0 spiro atoms. The average Bonchev–Trinajstić information content (AvgIpc) is 2.56. The first-order valence-electron chi connectivity index (χ1n) is 7.80. The Morgan fingerprint density at radius 3 is 2.61 bits per heavy atom. The number of carbonyl (C=O) groups is 1. The van der Waals surface area contributed by atoms with Crippen LogP contribution in [0.15, 0.2) is 24.3 Å². The first-order valence-corrected chi connectivity index (χ1v) is 9.79. The zero-order chi connectivity index (χ0) is 17.0. The number of amides is 1. The summed E-state index contributed by atoms with van der Waals surface area (Å²) >= 11 is 5.86. The van der Waals surface area contributed by atoms with Gasteiger partial charge in [-0.1, -0.05) is 23.7 Å². The van der Waals surface area contributed by atoms with E-state index in [1.807, 2.05) is 12.1 Å². The molecule has 1 fully saturated rings. The zero-order valence-corrected chi connectivity index (χ0v) is 15.1. The molecule has 0 N–H and O–H groups in total. The van der Waals surface area contributed by atoms with E-state index in [9.17, 15) is 13.2 Å². The summed E-state index contributed by atoms with van der Waals surface area (Å²) in [5.41, 5.74) is 0.999. The molecular weight excluding hydrogens is 336 g/mol. The van der Waals surface area contributed by atoms with Crippen LogP contribution in [0, 0.1) is 5.92 Å². The van der Waals surface area contributed by atoms with E-state index in [0.29, 0.717) is 24.7 Å². The molecule has 1 amide bonds. The monoisotopic (exact) mass is 358 g/mol. The van der Waals surface area contributed by atoms with Gasteiger partial charge in [-0.3, -0.25) is 4.79 Å². The fourth-order valence-corrected chi connectivity index (χ4v) is 4.14. The second-order valence-corrected chi connectivity index (χ2v) is 8.61. The minimum absolute atomic E-state index is 0.00375. The summed E-state index contributed by atoms with van der Waals surface area (Å²) in [6.45, 7) is 2.93. The number of benzene rings is 1. The summed E-state index contributed by atoms with van der Waals surface area (Å²) in [5.74, 6) is -0.188. The van der Waals surface area contributed by atoms with Crippen LogP contribution in [0.4, 0.5) is 0 Å². The summed E-state index contributed by atoms with van der Waals surface area (Å²) in [6, 6.07) is 7.37. The van der Waals surface area contributed by atoms with Crippen LogP contribution in [-0.4, -0.2) is 49.4 Å². The lowest BCUT2D eigenvalue weighted by Gasteiger charge is -2.33. The molecular formula is C16H23ClN2O3S. The Morgan fingerprint density at radius 2 is 2.00 bits per heavy atom. The molecule has 0 aliphatic carbocycles. The second kappa shape index (κ2) is 7.64. The third-order valence-corrected chi connectivity index (χ3v) is 6.30. The molecule has 1 saturated heterocycles. The van der Waals surface area contributed by atoms with Gasteiger partial charge in [0.1, 0.15) is 0 Å². The van der Waals surface area contributed by atoms with Crippen LogP contribution in [0.1, 0.15) is 25.3 Å². The molecule has 23 heavy (non-hydrogen) atoms. The van der Waals surface area contributed by atoms with Crippen LogP contribution in [0.2, 0.25) is 5.02 Å². The largest absolute Gasteiger partial charge is 0.341 e. The predicted octanol–water partition coefficient (Wildman–Crippen LogP) is 2.36. The van der Waals surface area contributed by atoms with Gasteiger partial charge in [0.15, 0.2) is 0 Å². The van der Waals surface area contributed by atoms with Crippen molar-refractivity contribution in [2.45, 2.75) is 26.3 Å². The number of hydrogen-bond donors (Lipinski definition) is 0. The Hall–Kier alpha value is -1.11. The molecule has 2 rings (SSSR count). The highest BCUT2D eigenvalue weighted by Crippen LogP contribution is 2.22. The van der Waals surface area contributed by atoms with Crippen LogP contribution < -0.4 is 0 Å². The molecule has 0 saturated carbocycles. The quantitative estimate of drug-likeness (QED) is 0.811. The smallest absolute Gasteiger partial charge is 0.227 e. The summed E-state index contributed by atoms with van der Waals surface area (Å²) in [4.78, 5) is 14.3. The lowest BCUT2D eigenvalue weighted by molar-refractivity contribution is -0.135. The van der Waals surface area contributed by atoms with Crippen LogP contribution in [0.3, 0.4) is 0 Å². The van der Waals surface area contributed by atoms with Crippen molar-refractivity contribution >= 4 is 27.5 Å². The first kappa shape index (κ1) is 18.2. The maximum Gasteiger partial charge on any atom is 0.227 e. The van der Waals surface area contributed by atoms with Gasteiger partial charge in [0.2, 0.25) is 15.9 Å². The molecule has 1 aliphatic rings. The van der Waals surface area contributed by atoms with Gasteiger partial charge in [0.25, 0.3) is 0 Å². The van der Waals surface area contributed by atoms with Crippen molar-refractivity contribution in [1.29, 1.82) is 0 Å². The standard InChI is InChI=1S/C16H23ClN2O3S/c1-3-23(21,22)19-10-4-5-14(12-19)16(20)18(2)11-13-6-8-15(17)9-7-13/h6-9,14H,3-5,10-12H2,1-2H3/t14-/m1/s1. The van der Waals surface area contributed by atoms with Crippen molar-refractivity contribution in [3.8, 4) is 0 Å². The molecule has 0 radical (unpaired) electrons. The maximum atomic E-state index is 12.6. The lowest BCUT2D eigenvalue weighted by Crippen LogP contribution is -2.46. The van der Waals surface area contributed by atoms with E-state index in [-0.39, 0.29) is 17.6 Å². The van der Waals surface area contributed by atoms with E-state index in [1.54, 1.807) is 31.0 Å². The number of sulfonamides is 1. The van der Waals surface area contributed by atoms with Crippen molar-refractivity contribution in [2.75, 3.05) is 25.9 Å². The molecule has 1 aromatic carbocycles. The van der Waals surface area contributed by atoms with Crippen LogP contribution in [0.5, 0.6) is 0 Å². The van der Waals surface area contributed by atoms with Gasteiger partial charge < -0.3 is 4.90 Å². The Bertz CT molecular complexity index is 646. The maximum absolute atomic E-state index is 12.6. The Morgan fingerprint density at radius 1 is 1.35 bits per heavy atom. The van der Waals surface area contributed by atoms with Crippen LogP contribution >= 0.6 is 11.6 Å². The molecule has 0 unspecified atom stereocenters. The molecule has 0 bridgehead atoms. The third-order valence-electron chi connectivity index (χ3n) is 4.20. The van der Waals surface area contributed by atoms with Gasteiger partial charge in [-0.25, -0.2) is 12.7 Å². The highest BCUT2D eigenvalue weighted by Gasteiger charge is 2.32. The Labute approximate surface area is 143 Å². The van der Waals surface area contributed by atoms with Crippen molar-refractivity contribution in [1.82, 2.24) is 9.21 Å². The molecule has 128 valence electrons. The fourth-order valence-electron chi connectivity index (χ4n) is 2.83. The first-order chi connectivity index (χ1) is 10.8. The van der Waals surface area contributed by atoms with Gasteiger partial charge in [-0.15, -0.1) is 0 Å². The average molecular weight is 359 g/mol. The number of halogens is 1. The molecule has 1 aromatic rings.